The summed E-state index contributed by atoms with van der Waals surface area (Å²) < 4.78 is 44.6. The van der Waals surface area contributed by atoms with Crippen LogP contribution >= 0.6 is 35.0 Å². The van der Waals surface area contributed by atoms with E-state index in [9.17, 15) is 27.6 Å². The maximum absolute atomic E-state index is 12.5. The second-order valence-electron chi connectivity index (χ2n) is 6.23. The average Bonchev–Trinajstić information content (AvgIpc) is 2.63. The van der Waals surface area contributed by atoms with Crippen LogP contribution in [0, 0.1) is 6.92 Å². The van der Waals surface area contributed by atoms with Gasteiger partial charge in [-0.1, -0.05) is 23.2 Å². The molecule has 0 aliphatic heterocycles. The second-order valence-corrected chi connectivity index (χ2v) is 8.18. The van der Waals surface area contributed by atoms with Crippen molar-refractivity contribution >= 4 is 35.0 Å². The number of alkyl halides is 3. The minimum Gasteiger partial charge on any atom is -0.454 e. The Kier molecular flexibility index (Phi) is 6.30. The molecule has 3 rings (SSSR count). The molecule has 13 heteroatoms. The summed E-state index contributed by atoms with van der Waals surface area (Å²) in [7, 11) is 1.18. The Balaban J connectivity index is 2.00. The number of aromatic nitrogens is 3. The molecule has 0 fully saturated rings. The highest BCUT2D eigenvalue weighted by Gasteiger charge is 2.29. The van der Waals surface area contributed by atoms with Gasteiger partial charge in [-0.3, -0.25) is 4.98 Å². The van der Waals surface area contributed by atoms with Gasteiger partial charge in [0.15, 0.2) is 5.75 Å². The molecule has 1 aromatic heterocycles. The molecule has 1 N–H and O–H groups in total. The third-order valence-corrected chi connectivity index (χ3v) is 5.32. The highest BCUT2D eigenvalue weighted by atomic mass is 35.5. The molecule has 2 aromatic carbocycles. The number of aryl methyl sites for hydroxylation is 1. The minimum atomic E-state index is -4.42. The number of thioether (sulfide) groups is 1. The number of rotatable bonds is 4. The first kappa shape index (κ1) is 23.0. The number of H-pyrrole nitrogens is 1. The molecule has 0 aliphatic carbocycles. The van der Waals surface area contributed by atoms with Crippen molar-refractivity contribution in [3.05, 3.63) is 77.4 Å². The number of nitrogens with zero attached hydrogens (tertiary/aromatic N) is 2. The van der Waals surface area contributed by atoms with Crippen LogP contribution < -0.4 is 21.8 Å². The van der Waals surface area contributed by atoms with E-state index in [1.165, 1.54) is 37.4 Å². The number of halogens is 5. The van der Waals surface area contributed by atoms with Crippen molar-refractivity contribution in [1.82, 2.24) is 14.1 Å². The van der Waals surface area contributed by atoms with Gasteiger partial charge in [0.05, 0.1) is 15.7 Å². The molecule has 1 heterocycles. The fourth-order valence-electron chi connectivity index (χ4n) is 2.60. The molecule has 0 saturated heterocycles. The van der Waals surface area contributed by atoms with E-state index in [-0.39, 0.29) is 43.9 Å². The first-order valence-electron chi connectivity index (χ1n) is 8.33. The maximum atomic E-state index is 12.5. The van der Waals surface area contributed by atoms with Crippen molar-refractivity contribution in [3.8, 4) is 17.2 Å². The van der Waals surface area contributed by atoms with E-state index in [1.807, 2.05) is 4.98 Å². The van der Waals surface area contributed by atoms with Gasteiger partial charge in [-0.2, -0.15) is 13.2 Å². The smallest absolute Gasteiger partial charge is 0.446 e. The van der Waals surface area contributed by atoms with E-state index in [2.05, 4.69) is 0 Å². The molecular weight excluding hydrogens is 482 g/mol. The van der Waals surface area contributed by atoms with Gasteiger partial charge in [0.2, 0.25) is 0 Å². The van der Waals surface area contributed by atoms with Gasteiger partial charge in [-0.15, -0.1) is 0 Å². The van der Waals surface area contributed by atoms with Crippen LogP contribution in [-0.2, 0) is 7.05 Å². The van der Waals surface area contributed by atoms with Gasteiger partial charge in [0, 0.05) is 11.9 Å². The molecule has 7 nitrogen and oxygen atoms in total. The number of ether oxygens (including phenoxy) is 1. The molecule has 0 atom stereocenters. The lowest BCUT2D eigenvalue weighted by Gasteiger charge is -2.15. The van der Waals surface area contributed by atoms with Crippen LogP contribution in [0.5, 0.6) is 11.5 Å². The lowest BCUT2D eigenvalue weighted by molar-refractivity contribution is -0.0328. The van der Waals surface area contributed by atoms with E-state index < -0.39 is 22.6 Å². The summed E-state index contributed by atoms with van der Waals surface area (Å²) >= 11 is 12.2. The van der Waals surface area contributed by atoms with Gasteiger partial charge < -0.3 is 4.74 Å². The lowest BCUT2D eigenvalue weighted by Crippen LogP contribution is -2.47. The van der Waals surface area contributed by atoms with Crippen molar-refractivity contribution in [2.24, 2.45) is 7.05 Å². The third-order valence-electron chi connectivity index (χ3n) is 4.03. The molecule has 0 unspecified atom stereocenters. The van der Waals surface area contributed by atoms with Gasteiger partial charge in [-0.05, 0) is 54.6 Å². The molecule has 0 spiro atoms. The fraction of sp³-hybridized carbons (Fsp3) is 0.167. The van der Waals surface area contributed by atoms with E-state index in [0.29, 0.717) is 14.7 Å². The predicted octanol–water partition coefficient (Wildman–Crippen LogP) is 4.24. The quantitative estimate of drug-likeness (QED) is 0.549. The summed E-state index contributed by atoms with van der Waals surface area (Å²) in [5, 5.41) is -0.147. The zero-order chi connectivity index (χ0) is 23.1. The topological polar surface area (TPSA) is 86.1 Å². The first-order valence-corrected chi connectivity index (χ1v) is 9.90. The van der Waals surface area contributed by atoms with E-state index in [1.54, 1.807) is 6.92 Å². The predicted molar refractivity (Wildman–Crippen MR) is 111 cm³/mol. The van der Waals surface area contributed by atoms with Crippen molar-refractivity contribution in [1.29, 1.82) is 0 Å². The van der Waals surface area contributed by atoms with Gasteiger partial charge in [0.1, 0.15) is 5.75 Å². The number of aromatic amines is 1. The van der Waals surface area contributed by atoms with Crippen LogP contribution in [0.3, 0.4) is 0 Å². The molecule has 3 aromatic rings. The molecular formula is C18H12Cl2F3N3O4S. The van der Waals surface area contributed by atoms with Crippen LogP contribution in [0.2, 0.25) is 10.0 Å². The number of nitrogens with one attached hydrogen (secondary N) is 1. The summed E-state index contributed by atoms with van der Waals surface area (Å²) in [5.41, 5.74) is -6.82. The van der Waals surface area contributed by atoms with Crippen LogP contribution in [0.15, 0.2) is 49.6 Å². The zero-order valence-corrected chi connectivity index (χ0v) is 18.0. The normalized spacial score (nSPS) is 11.6. The highest BCUT2D eigenvalue weighted by molar-refractivity contribution is 8.00. The fourth-order valence-corrected chi connectivity index (χ4v) is 3.79. The summed E-state index contributed by atoms with van der Waals surface area (Å²) in [4.78, 5) is 37.9. The number of hydrogen-bond donors (Lipinski definition) is 1. The van der Waals surface area contributed by atoms with Gasteiger partial charge in [-0.25, -0.2) is 23.5 Å². The van der Waals surface area contributed by atoms with Crippen molar-refractivity contribution in [2.45, 2.75) is 17.3 Å². The van der Waals surface area contributed by atoms with Crippen LogP contribution in [-0.4, -0.2) is 19.6 Å². The standard InChI is InChI=1S/C18H12Cl2F3N3O4S/c1-8-5-10(31-18(21,22)23)3-4-13(8)30-14-11(19)6-9(7-12(14)20)26-16(28)24-15(27)25(2)17(26)29/h3-7H,1-2H3,(H,24,27,28). The van der Waals surface area contributed by atoms with Crippen LogP contribution in [0.1, 0.15) is 5.56 Å². The van der Waals surface area contributed by atoms with Crippen molar-refractivity contribution in [3.63, 3.8) is 0 Å². The molecule has 0 amide bonds. The zero-order valence-electron chi connectivity index (χ0n) is 15.7. The Morgan fingerprint density at radius 1 is 1.03 bits per heavy atom. The van der Waals surface area contributed by atoms with E-state index in [4.69, 9.17) is 27.9 Å². The van der Waals surface area contributed by atoms with Gasteiger partial charge in [0.25, 0.3) is 0 Å². The largest absolute Gasteiger partial charge is 0.454 e. The van der Waals surface area contributed by atoms with Crippen LogP contribution in [0.25, 0.3) is 5.69 Å². The highest BCUT2D eigenvalue weighted by Crippen LogP contribution is 2.41. The van der Waals surface area contributed by atoms with E-state index in [0.717, 1.165) is 0 Å². The molecule has 0 saturated carbocycles. The van der Waals surface area contributed by atoms with Crippen molar-refractivity contribution in [2.75, 3.05) is 0 Å². The summed E-state index contributed by atoms with van der Waals surface area (Å²) in [6.45, 7) is 1.55. The Labute approximate surface area is 186 Å². The Bertz CT molecular complexity index is 1330. The number of hydrogen-bond acceptors (Lipinski definition) is 5. The van der Waals surface area contributed by atoms with Crippen LogP contribution in [0.4, 0.5) is 13.2 Å². The first-order chi connectivity index (χ1) is 14.4. The van der Waals surface area contributed by atoms with Gasteiger partial charge >= 0.3 is 22.6 Å². The second kappa shape index (κ2) is 8.48. The minimum absolute atomic E-state index is 0.0156. The summed E-state index contributed by atoms with van der Waals surface area (Å²) in [6.07, 6.45) is 0. The molecule has 0 radical (unpaired) electrons. The average molecular weight is 494 g/mol. The molecule has 0 bridgehead atoms. The monoisotopic (exact) mass is 493 g/mol. The SMILES string of the molecule is Cc1cc(SC(F)(F)F)ccc1Oc1c(Cl)cc(-n2c(=O)[nH]c(=O)n(C)c2=O)cc1Cl. The Morgan fingerprint density at radius 2 is 1.65 bits per heavy atom. The summed E-state index contributed by atoms with van der Waals surface area (Å²) in [5.74, 6) is 0.181. The molecule has 31 heavy (non-hydrogen) atoms. The molecule has 164 valence electrons. The number of benzene rings is 2. The van der Waals surface area contributed by atoms with Crippen molar-refractivity contribution < 1.29 is 17.9 Å². The Hall–Kier alpha value is -2.63. The summed E-state index contributed by atoms with van der Waals surface area (Å²) in [6, 6.07) is 6.33. The molecule has 0 aliphatic rings. The van der Waals surface area contributed by atoms with E-state index >= 15 is 0 Å². The third kappa shape index (κ3) is 5.00. The Morgan fingerprint density at radius 3 is 2.19 bits per heavy atom. The lowest BCUT2D eigenvalue weighted by atomic mass is 10.2. The maximum Gasteiger partial charge on any atom is 0.446 e.